The summed E-state index contributed by atoms with van der Waals surface area (Å²) in [6, 6.07) is 6.46. The molecule has 0 spiro atoms. The van der Waals surface area contributed by atoms with E-state index in [-0.39, 0.29) is 29.4 Å². The molecule has 2 aliphatic heterocycles. The van der Waals surface area contributed by atoms with Crippen LogP contribution >= 0.6 is 0 Å². The van der Waals surface area contributed by atoms with E-state index in [0.717, 1.165) is 25.8 Å². The predicted octanol–water partition coefficient (Wildman–Crippen LogP) is 3.18. The van der Waals surface area contributed by atoms with Crippen LogP contribution < -0.4 is 0 Å². The van der Waals surface area contributed by atoms with E-state index in [4.69, 9.17) is 0 Å². The number of amides is 1. The summed E-state index contributed by atoms with van der Waals surface area (Å²) in [7, 11) is -2.92. The third kappa shape index (κ3) is 3.66. The van der Waals surface area contributed by atoms with Crippen molar-refractivity contribution in [1.82, 2.24) is 4.90 Å². The van der Waals surface area contributed by atoms with E-state index in [9.17, 15) is 13.2 Å². The second-order valence-electron chi connectivity index (χ2n) is 7.36. The van der Waals surface area contributed by atoms with Crippen molar-refractivity contribution in [2.24, 2.45) is 5.92 Å². The molecule has 0 aliphatic carbocycles. The molecular formula is C19H27NO3S. The number of carbonyl (C=O) groups excluding carboxylic acids is 1. The number of sulfone groups is 1. The van der Waals surface area contributed by atoms with Gasteiger partial charge in [0.1, 0.15) is 0 Å². The van der Waals surface area contributed by atoms with E-state index >= 15 is 0 Å². The van der Waals surface area contributed by atoms with Crippen LogP contribution in [0.1, 0.15) is 54.8 Å². The molecule has 0 saturated carbocycles. The fourth-order valence-electron chi connectivity index (χ4n) is 4.09. The van der Waals surface area contributed by atoms with E-state index in [1.807, 2.05) is 4.90 Å². The first-order valence-electron chi connectivity index (χ1n) is 8.93. The van der Waals surface area contributed by atoms with Crippen LogP contribution in [0.3, 0.4) is 0 Å². The van der Waals surface area contributed by atoms with Gasteiger partial charge in [-0.2, -0.15) is 0 Å². The van der Waals surface area contributed by atoms with Crippen molar-refractivity contribution in [3.8, 4) is 0 Å². The zero-order chi connectivity index (χ0) is 17.3. The molecule has 0 bridgehead atoms. The summed E-state index contributed by atoms with van der Waals surface area (Å²) < 4.78 is 23.3. The summed E-state index contributed by atoms with van der Waals surface area (Å²) in [5, 5.41) is 0. The number of carbonyl (C=O) groups is 1. The summed E-state index contributed by atoms with van der Waals surface area (Å²) in [4.78, 5) is 14.9. The molecule has 0 radical (unpaired) electrons. The minimum atomic E-state index is -2.92. The van der Waals surface area contributed by atoms with Crippen LogP contribution in [0, 0.1) is 19.8 Å². The fraction of sp³-hybridized carbons (Fsp3) is 0.632. The van der Waals surface area contributed by atoms with E-state index in [1.54, 1.807) is 0 Å². The minimum absolute atomic E-state index is 0.00341. The van der Waals surface area contributed by atoms with Crippen molar-refractivity contribution in [3.63, 3.8) is 0 Å². The van der Waals surface area contributed by atoms with Crippen LogP contribution in [-0.2, 0) is 14.6 Å². The van der Waals surface area contributed by atoms with Crippen molar-refractivity contribution in [2.45, 2.75) is 52.0 Å². The molecule has 2 saturated heterocycles. The van der Waals surface area contributed by atoms with Gasteiger partial charge in [0.15, 0.2) is 9.84 Å². The van der Waals surface area contributed by atoms with Crippen LogP contribution in [-0.4, -0.2) is 37.3 Å². The molecule has 132 valence electrons. The Labute approximate surface area is 145 Å². The number of hydrogen-bond acceptors (Lipinski definition) is 3. The summed E-state index contributed by atoms with van der Waals surface area (Å²) >= 11 is 0. The first-order valence-corrected chi connectivity index (χ1v) is 10.8. The second kappa shape index (κ2) is 6.87. The van der Waals surface area contributed by atoms with Gasteiger partial charge >= 0.3 is 0 Å². The number of rotatable bonds is 3. The lowest BCUT2D eigenvalue weighted by atomic mass is 9.89. The SMILES string of the molecule is Cc1cccc([C@H]2CCCCN2C(=O)C[C@H]2CCS(=O)(=O)C2)c1C. The lowest BCUT2D eigenvalue weighted by Gasteiger charge is -2.37. The Morgan fingerprint density at radius 3 is 2.71 bits per heavy atom. The normalized spacial score (nSPS) is 26.5. The third-order valence-corrected chi connectivity index (χ3v) is 7.46. The minimum Gasteiger partial charge on any atom is -0.336 e. The molecule has 0 unspecified atom stereocenters. The molecule has 2 atom stereocenters. The summed E-state index contributed by atoms with van der Waals surface area (Å²) in [5.41, 5.74) is 3.78. The molecule has 2 fully saturated rings. The zero-order valence-corrected chi connectivity index (χ0v) is 15.4. The largest absolute Gasteiger partial charge is 0.336 e. The Morgan fingerprint density at radius 1 is 1.21 bits per heavy atom. The zero-order valence-electron chi connectivity index (χ0n) is 14.6. The van der Waals surface area contributed by atoms with Crippen molar-refractivity contribution in [2.75, 3.05) is 18.1 Å². The molecule has 2 aliphatic rings. The van der Waals surface area contributed by atoms with Gasteiger partial charge in [-0.25, -0.2) is 8.42 Å². The van der Waals surface area contributed by atoms with Gasteiger partial charge in [-0.05, 0) is 62.1 Å². The summed E-state index contributed by atoms with van der Waals surface area (Å²) in [6.45, 7) is 5.03. The molecule has 24 heavy (non-hydrogen) atoms. The van der Waals surface area contributed by atoms with E-state index in [2.05, 4.69) is 32.0 Å². The molecule has 1 aromatic rings. The van der Waals surface area contributed by atoms with Crippen LogP contribution in [0.2, 0.25) is 0 Å². The lowest BCUT2D eigenvalue weighted by molar-refractivity contribution is -0.135. The highest BCUT2D eigenvalue weighted by Gasteiger charge is 2.34. The van der Waals surface area contributed by atoms with Crippen molar-refractivity contribution in [1.29, 1.82) is 0 Å². The number of likely N-dealkylation sites (tertiary alicyclic amines) is 1. The Bertz CT molecular complexity index is 726. The van der Waals surface area contributed by atoms with Gasteiger partial charge < -0.3 is 4.90 Å². The molecule has 1 aromatic carbocycles. The maximum Gasteiger partial charge on any atom is 0.223 e. The lowest BCUT2D eigenvalue weighted by Crippen LogP contribution is -2.39. The molecular weight excluding hydrogens is 322 g/mol. The highest BCUT2D eigenvalue weighted by Crippen LogP contribution is 2.35. The molecule has 1 amide bonds. The van der Waals surface area contributed by atoms with Crippen LogP contribution in [0.5, 0.6) is 0 Å². The van der Waals surface area contributed by atoms with E-state index < -0.39 is 9.84 Å². The van der Waals surface area contributed by atoms with Crippen molar-refractivity contribution >= 4 is 15.7 Å². The van der Waals surface area contributed by atoms with Gasteiger partial charge in [0.05, 0.1) is 17.5 Å². The molecule has 2 heterocycles. The van der Waals surface area contributed by atoms with Gasteiger partial charge in [-0.3, -0.25) is 4.79 Å². The van der Waals surface area contributed by atoms with Crippen LogP contribution in [0.4, 0.5) is 0 Å². The van der Waals surface area contributed by atoms with E-state index in [0.29, 0.717) is 12.8 Å². The standard InChI is InChI=1S/C19H27NO3S/c1-14-6-5-7-17(15(14)2)18-8-3-4-10-20(18)19(21)12-16-9-11-24(22,23)13-16/h5-7,16,18H,3-4,8-13H2,1-2H3/t16-,18-/m1/s1. The monoisotopic (exact) mass is 349 g/mol. The average Bonchev–Trinajstić information content (AvgIpc) is 2.89. The quantitative estimate of drug-likeness (QED) is 0.842. The molecule has 0 N–H and O–H groups in total. The van der Waals surface area contributed by atoms with Gasteiger partial charge in [-0.1, -0.05) is 18.2 Å². The average molecular weight is 349 g/mol. The maximum absolute atomic E-state index is 12.9. The maximum atomic E-state index is 12.9. The Morgan fingerprint density at radius 2 is 2.00 bits per heavy atom. The smallest absolute Gasteiger partial charge is 0.223 e. The molecule has 0 aromatic heterocycles. The molecule has 3 rings (SSSR count). The highest BCUT2D eigenvalue weighted by molar-refractivity contribution is 7.91. The molecule has 4 nitrogen and oxygen atoms in total. The number of nitrogens with zero attached hydrogens (tertiary/aromatic N) is 1. The van der Waals surface area contributed by atoms with Gasteiger partial charge in [0.2, 0.25) is 5.91 Å². The van der Waals surface area contributed by atoms with Gasteiger partial charge in [0.25, 0.3) is 0 Å². The van der Waals surface area contributed by atoms with Gasteiger partial charge in [0, 0.05) is 13.0 Å². The number of aryl methyl sites for hydroxylation is 1. The fourth-order valence-corrected chi connectivity index (χ4v) is 5.95. The molecule has 5 heteroatoms. The first kappa shape index (κ1) is 17.5. The number of hydrogen-bond donors (Lipinski definition) is 0. The van der Waals surface area contributed by atoms with Crippen LogP contribution in [0.25, 0.3) is 0 Å². The summed E-state index contributed by atoms with van der Waals surface area (Å²) in [6.07, 6.45) is 4.19. The Kier molecular flexibility index (Phi) is 5.00. The predicted molar refractivity (Wildman–Crippen MR) is 95.6 cm³/mol. The highest BCUT2D eigenvalue weighted by atomic mass is 32.2. The van der Waals surface area contributed by atoms with Crippen molar-refractivity contribution in [3.05, 3.63) is 34.9 Å². The first-order chi connectivity index (χ1) is 11.4. The topological polar surface area (TPSA) is 54.5 Å². The van der Waals surface area contributed by atoms with E-state index in [1.165, 1.54) is 16.7 Å². The Balaban J connectivity index is 1.77. The number of piperidine rings is 1. The van der Waals surface area contributed by atoms with Crippen molar-refractivity contribution < 1.29 is 13.2 Å². The summed E-state index contributed by atoms with van der Waals surface area (Å²) in [5.74, 6) is 0.554. The van der Waals surface area contributed by atoms with Crippen LogP contribution in [0.15, 0.2) is 18.2 Å². The van der Waals surface area contributed by atoms with Gasteiger partial charge in [-0.15, -0.1) is 0 Å². The third-order valence-electron chi connectivity index (χ3n) is 5.62. The number of benzene rings is 1. The second-order valence-corrected chi connectivity index (χ2v) is 9.59. The Hall–Kier alpha value is -1.36.